The van der Waals surface area contributed by atoms with Crippen LogP contribution in [0.5, 0.6) is 0 Å². The van der Waals surface area contributed by atoms with Gasteiger partial charge in [0.1, 0.15) is 0 Å². The van der Waals surface area contributed by atoms with E-state index in [2.05, 4.69) is 0 Å². The topological polar surface area (TPSA) is 54.4 Å². The van der Waals surface area contributed by atoms with E-state index < -0.39 is 15.4 Å². The molecule has 1 rings (SSSR count). The predicted octanol–water partition coefficient (Wildman–Crippen LogP) is -2.46. The summed E-state index contributed by atoms with van der Waals surface area (Å²) in [6, 6.07) is 0. The van der Waals surface area contributed by atoms with Crippen molar-refractivity contribution in [3.05, 3.63) is 0 Å². The van der Waals surface area contributed by atoms with Gasteiger partial charge in [0, 0.05) is 0 Å². The Bertz CT molecular complexity index is 175. The average molecular weight is 176 g/mol. The molecule has 0 aromatic rings. The minimum absolute atomic E-state index is 0. The molecule has 0 radical (unpaired) electrons. The SMILES string of the molecule is O=S(=O)(O)C1CCC1.[H-].[K+]. The van der Waals surface area contributed by atoms with Crippen LogP contribution in [0.4, 0.5) is 0 Å². The number of hydrogen-bond donors (Lipinski definition) is 1. The second-order valence-corrected chi connectivity index (χ2v) is 3.76. The van der Waals surface area contributed by atoms with Crippen LogP contribution in [0.3, 0.4) is 0 Å². The monoisotopic (exact) mass is 176 g/mol. The van der Waals surface area contributed by atoms with Crippen LogP contribution >= 0.6 is 0 Å². The smallest absolute Gasteiger partial charge is 1.00 e. The number of hydrogen-bond acceptors (Lipinski definition) is 2. The van der Waals surface area contributed by atoms with Gasteiger partial charge in [0.25, 0.3) is 10.1 Å². The van der Waals surface area contributed by atoms with E-state index >= 15 is 0 Å². The molecule has 1 saturated carbocycles. The van der Waals surface area contributed by atoms with E-state index in [-0.39, 0.29) is 52.8 Å². The Kier molecular flexibility index (Phi) is 4.45. The minimum atomic E-state index is -3.67. The molecule has 0 heterocycles. The Balaban J connectivity index is 0. The Labute approximate surface area is 98.9 Å². The molecule has 5 heteroatoms. The molecule has 0 unspecified atom stereocenters. The van der Waals surface area contributed by atoms with Gasteiger partial charge in [0.05, 0.1) is 5.25 Å². The molecular formula is C4H9KO3S. The summed E-state index contributed by atoms with van der Waals surface area (Å²) in [5.41, 5.74) is 0. The van der Waals surface area contributed by atoms with E-state index in [0.717, 1.165) is 6.42 Å². The van der Waals surface area contributed by atoms with Crippen molar-refractivity contribution in [2.24, 2.45) is 0 Å². The Hall–Kier alpha value is 1.55. The van der Waals surface area contributed by atoms with Crippen LogP contribution in [0, 0.1) is 0 Å². The summed E-state index contributed by atoms with van der Waals surface area (Å²) in [7, 11) is -3.67. The molecule has 0 bridgehead atoms. The largest absolute Gasteiger partial charge is 1.00 e. The van der Waals surface area contributed by atoms with Gasteiger partial charge in [0.15, 0.2) is 0 Å². The molecule has 0 saturated heterocycles. The van der Waals surface area contributed by atoms with Crippen LogP contribution < -0.4 is 51.4 Å². The molecule has 3 nitrogen and oxygen atoms in total. The van der Waals surface area contributed by atoms with E-state index in [1.807, 2.05) is 0 Å². The molecule has 1 fully saturated rings. The minimum Gasteiger partial charge on any atom is -1.00 e. The van der Waals surface area contributed by atoms with E-state index in [1.165, 1.54) is 0 Å². The summed E-state index contributed by atoms with van der Waals surface area (Å²) >= 11 is 0. The van der Waals surface area contributed by atoms with Crippen molar-refractivity contribution in [1.82, 2.24) is 0 Å². The zero-order valence-electron chi connectivity index (χ0n) is 6.37. The van der Waals surface area contributed by atoms with Crippen LogP contribution in [0.15, 0.2) is 0 Å². The summed E-state index contributed by atoms with van der Waals surface area (Å²) < 4.78 is 28.6. The number of rotatable bonds is 1. The fourth-order valence-corrected chi connectivity index (χ4v) is 1.60. The first-order valence-corrected chi connectivity index (χ1v) is 4.07. The Morgan fingerprint density at radius 1 is 1.44 bits per heavy atom. The third-order valence-electron chi connectivity index (χ3n) is 1.47. The van der Waals surface area contributed by atoms with Gasteiger partial charge in [-0.1, -0.05) is 6.42 Å². The van der Waals surface area contributed by atoms with E-state index in [4.69, 9.17) is 4.55 Å². The maximum Gasteiger partial charge on any atom is 1.00 e. The van der Waals surface area contributed by atoms with Crippen LogP contribution in [0.1, 0.15) is 20.7 Å². The molecule has 0 atom stereocenters. The quantitative estimate of drug-likeness (QED) is 0.356. The first-order chi connectivity index (χ1) is 3.61. The summed E-state index contributed by atoms with van der Waals surface area (Å²) in [5.74, 6) is 0. The maximum absolute atomic E-state index is 10.2. The summed E-state index contributed by atoms with van der Waals surface area (Å²) in [4.78, 5) is 0. The normalized spacial score (nSPS) is 20.1. The molecule has 9 heavy (non-hydrogen) atoms. The summed E-state index contributed by atoms with van der Waals surface area (Å²) in [6.45, 7) is 0. The third kappa shape index (κ3) is 2.96. The van der Waals surface area contributed by atoms with Crippen molar-refractivity contribution < 1.29 is 65.8 Å². The molecule has 50 valence electrons. The molecule has 0 amide bonds. The van der Waals surface area contributed by atoms with Gasteiger partial charge >= 0.3 is 51.4 Å². The molecule has 0 aromatic carbocycles. The van der Waals surface area contributed by atoms with Crippen molar-refractivity contribution in [2.45, 2.75) is 24.5 Å². The van der Waals surface area contributed by atoms with E-state index in [1.54, 1.807) is 0 Å². The molecule has 1 aliphatic carbocycles. The van der Waals surface area contributed by atoms with Gasteiger partial charge in [-0.25, -0.2) is 0 Å². The van der Waals surface area contributed by atoms with Crippen molar-refractivity contribution in [2.75, 3.05) is 0 Å². The van der Waals surface area contributed by atoms with Crippen LogP contribution in [0.25, 0.3) is 0 Å². The van der Waals surface area contributed by atoms with Gasteiger partial charge in [-0.2, -0.15) is 8.42 Å². The molecule has 0 aromatic heterocycles. The second-order valence-electron chi connectivity index (χ2n) is 2.07. The fraction of sp³-hybridized carbons (Fsp3) is 1.00. The van der Waals surface area contributed by atoms with Gasteiger partial charge < -0.3 is 1.43 Å². The van der Waals surface area contributed by atoms with Crippen molar-refractivity contribution in [1.29, 1.82) is 0 Å². The molecule has 1 aliphatic rings. The summed E-state index contributed by atoms with van der Waals surface area (Å²) in [6.07, 6.45) is 2.21. The van der Waals surface area contributed by atoms with Gasteiger partial charge in [0.2, 0.25) is 0 Å². The molecular weight excluding hydrogens is 167 g/mol. The van der Waals surface area contributed by atoms with Crippen molar-refractivity contribution >= 4 is 10.1 Å². The predicted molar refractivity (Wildman–Crippen MR) is 30.3 cm³/mol. The molecule has 0 aliphatic heterocycles. The zero-order valence-corrected chi connectivity index (χ0v) is 9.31. The Morgan fingerprint density at radius 3 is 1.89 bits per heavy atom. The standard InChI is InChI=1S/C4H8O3S.K.H/c5-8(6,7)4-2-1-3-4;;/h4H,1-3H2,(H,5,6,7);;/q;+1;-1. The molecule has 0 spiro atoms. The first-order valence-electron chi connectivity index (χ1n) is 2.57. The second kappa shape index (κ2) is 3.80. The van der Waals surface area contributed by atoms with Gasteiger partial charge in [-0.15, -0.1) is 0 Å². The first kappa shape index (κ1) is 10.5. The van der Waals surface area contributed by atoms with Gasteiger partial charge in [-0.3, -0.25) is 4.55 Å². The fourth-order valence-electron chi connectivity index (χ4n) is 0.669. The van der Waals surface area contributed by atoms with E-state index in [0.29, 0.717) is 12.8 Å². The molecule has 1 N–H and O–H groups in total. The van der Waals surface area contributed by atoms with Gasteiger partial charge in [-0.05, 0) is 12.8 Å². The van der Waals surface area contributed by atoms with Crippen molar-refractivity contribution in [3.8, 4) is 0 Å². The van der Waals surface area contributed by atoms with Crippen molar-refractivity contribution in [3.63, 3.8) is 0 Å². The Morgan fingerprint density at radius 2 is 1.89 bits per heavy atom. The van der Waals surface area contributed by atoms with Crippen LogP contribution in [-0.2, 0) is 10.1 Å². The maximum atomic E-state index is 10.2. The van der Waals surface area contributed by atoms with Crippen LogP contribution in [-0.4, -0.2) is 18.2 Å². The van der Waals surface area contributed by atoms with E-state index in [9.17, 15) is 8.42 Å². The van der Waals surface area contributed by atoms with Crippen LogP contribution in [0.2, 0.25) is 0 Å². The summed E-state index contributed by atoms with van der Waals surface area (Å²) in [5, 5.41) is -0.442. The third-order valence-corrected chi connectivity index (χ3v) is 2.79. The average Bonchev–Trinajstić information content (AvgIpc) is 1.16. The zero-order chi connectivity index (χ0) is 6.20.